The topological polar surface area (TPSA) is 189 Å². The third-order valence-corrected chi connectivity index (χ3v) is 6.01. The van der Waals surface area contributed by atoms with Gasteiger partial charge < -0.3 is 34.5 Å². The number of nitrogens with one attached hydrogen (secondary N) is 1. The van der Waals surface area contributed by atoms with Gasteiger partial charge in [0.05, 0.1) is 6.26 Å². The maximum Gasteiger partial charge on any atom is 0.404 e. The van der Waals surface area contributed by atoms with Crippen LogP contribution in [0.1, 0.15) is 19.6 Å². The smallest absolute Gasteiger partial charge is 0.404 e. The van der Waals surface area contributed by atoms with E-state index in [1.807, 2.05) is 0 Å². The number of fused-ring (bicyclic) bond motifs is 1. The van der Waals surface area contributed by atoms with Crippen LogP contribution in [-0.4, -0.2) is 77.6 Å². The van der Waals surface area contributed by atoms with Gasteiger partial charge in [-0.1, -0.05) is 5.16 Å². The number of furan rings is 1. The van der Waals surface area contributed by atoms with Crippen molar-refractivity contribution >= 4 is 47.3 Å². The van der Waals surface area contributed by atoms with Gasteiger partial charge in [0, 0.05) is 25.2 Å². The average molecular weight is 510 g/mol. The van der Waals surface area contributed by atoms with Gasteiger partial charge in [-0.3, -0.25) is 19.3 Å². The Morgan fingerprint density at radius 2 is 2.09 bits per heavy atom. The van der Waals surface area contributed by atoms with Crippen molar-refractivity contribution < 1.29 is 47.4 Å². The number of hydrogen-bond acceptors (Lipinski definition) is 12. The standard InChI is InChI=1S/C20H22N4O10S/c1-9(25)33-10(2)34-19(28)15-11(7-32-20(21)29)8-35-18-14(17(27)24(15)18)22-16(26)13(23-30-3)12-5-4-6-31-12/h4-6,10,14,18H,7-8H2,1-3H3,(H2,21,29)(H,22,26)/b23-13+/t10-,14+,18+/m0/s1. The summed E-state index contributed by atoms with van der Waals surface area (Å²) in [5.41, 5.74) is 4.89. The lowest BCUT2D eigenvalue weighted by Gasteiger charge is -2.49. The predicted molar refractivity (Wildman–Crippen MR) is 117 cm³/mol. The Kier molecular flexibility index (Phi) is 8.01. The lowest BCUT2D eigenvalue weighted by Crippen LogP contribution is -2.71. The van der Waals surface area contributed by atoms with Crippen LogP contribution < -0.4 is 11.1 Å². The van der Waals surface area contributed by atoms with Gasteiger partial charge in [-0.05, 0) is 12.1 Å². The van der Waals surface area contributed by atoms with E-state index in [2.05, 4.69) is 10.5 Å². The number of primary amides is 1. The van der Waals surface area contributed by atoms with Gasteiger partial charge in [0.2, 0.25) is 12.0 Å². The number of carbonyl (C=O) groups is 5. The number of nitrogens with two attached hydrogens (primary N) is 1. The summed E-state index contributed by atoms with van der Waals surface area (Å²) in [5.74, 6) is -2.75. The number of amides is 3. The summed E-state index contributed by atoms with van der Waals surface area (Å²) in [6.07, 6.45) is -0.976. The van der Waals surface area contributed by atoms with E-state index >= 15 is 0 Å². The third-order valence-electron chi connectivity index (χ3n) is 4.67. The monoisotopic (exact) mass is 510 g/mol. The molecule has 0 radical (unpaired) electrons. The molecule has 1 aromatic rings. The van der Waals surface area contributed by atoms with E-state index < -0.39 is 47.6 Å². The third kappa shape index (κ3) is 5.74. The van der Waals surface area contributed by atoms with Crippen molar-refractivity contribution in [1.29, 1.82) is 0 Å². The number of carbonyl (C=O) groups excluding carboxylic acids is 5. The van der Waals surface area contributed by atoms with Gasteiger partial charge in [-0.15, -0.1) is 11.8 Å². The molecule has 3 rings (SSSR count). The molecule has 0 bridgehead atoms. The van der Waals surface area contributed by atoms with Gasteiger partial charge in [-0.25, -0.2) is 9.59 Å². The van der Waals surface area contributed by atoms with Gasteiger partial charge in [0.15, 0.2) is 5.76 Å². The molecule has 1 aromatic heterocycles. The quantitative estimate of drug-likeness (QED) is 0.147. The first-order valence-electron chi connectivity index (χ1n) is 10.1. The summed E-state index contributed by atoms with van der Waals surface area (Å²) < 4.78 is 19.9. The minimum atomic E-state index is -1.24. The molecule has 0 saturated carbocycles. The zero-order valence-electron chi connectivity index (χ0n) is 18.8. The molecule has 0 spiro atoms. The highest BCUT2D eigenvalue weighted by Crippen LogP contribution is 2.41. The zero-order valence-corrected chi connectivity index (χ0v) is 19.7. The molecular formula is C20H22N4O10S. The van der Waals surface area contributed by atoms with Crippen molar-refractivity contribution in [3.63, 3.8) is 0 Å². The minimum Gasteiger partial charge on any atom is -0.462 e. The Hall–Kier alpha value is -4.01. The van der Waals surface area contributed by atoms with Crippen molar-refractivity contribution in [2.24, 2.45) is 10.9 Å². The zero-order chi connectivity index (χ0) is 25.7. The van der Waals surface area contributed by atoms with E-state index in [0.29, 0.717) is 0 Å². The average Bonchev–Trinajstić information content (AvgIpc) is 3.32. The second-order valence-corrected chi connectivity index (χ2v) is 8.21. The Morgan fingerprint density at radius 3 is 2.69 bits per heavy atom. The number of oxime groups is 1. The molecule has 3 heterocycles. The van der Waals surface area contributed by atoms with Crippen LogP contribution in [0.3, 0.4) is 0 Å². The fourth-order valence-corrected chi connectivity index (χ4v) is 4.65. The molecule has 35 heavy (non-hydrogen) atoms. The van der Waals surface area contributed by atoms with Crippen molar-refractivity contribution in [2.45, 2.75) is 31.6 Å². The number of esters is 2. The molecule has 188 valence electrons. The lowest BCUT2D eigenvalue weighted by atomic mass is 10.0. The number of ether oxygens (including phenoxy) is 3. The summed E-state index contributed by atoms with van der Waals surface area (Å²) >= 11 is 1.21. The van der Waals surface area contributed by atoms with Crippen LogP contribution in [0, 0.1) is 0 Å². The molecule has 3 atom stereocenters. The largest absolute Gasteiger partial charge is 0.462 e. The number of nitrogens with zero attached hydrogens (tertiary/aromatic N) is 2. The van der Waals surface area contributed by atoms with Gasteiger partial charge >= 0.3 is 18.0 Å². The molecule has 1 saturated heterocycles. The van der Waals surface area contributed by atoms with Crippen LogP contribution >= 0.6 is 11.8 Å². The van der Waals surface area contributed by atoms with Crippen molar-refractivity contribution in [2.75, 3.05) is 19.5 Å². The molecule has 2 aliphatic heterocycles. The molecule has 14 nitrogen and oxygen atoms in total. The van der Waals surface area contributed by atoms with E-state index in [1.54, 1.807) is 6.07 Å². The maximum atomic E-state index is 13.0. The van der Waals surface area contributed by atoms with Crippen molar-refractivity contribution in [1.82, 2.24) is 10.2 Å². The number of hydrogen-bond donors (Lipinski definition) is 2. The first-order chi connectivity index (χ1) is 16.6. The second kappa shape index (κ2) is 10.9. The van der Waals surface area contributed by atoms with E-state index in [0.717, 1.165) is 11.8 Å². The lowest BCUT2D eigenvalue weighted by molar-refractivity contribution is -0.182. The highest BCUT2D eigenvalue weighted by molar-refractivity contribution is 8.00. The Labute approximate surface area is 202 Å². The van der Waals surface area contributed by atoms with Crippen molar-refractivity contribution in [3.05, 3.63) is 35.4 Å². The number of β-lactam (4-membered cyclic amide) rings is 1. The van der Waals surface area contributed by atoms with Crippen LogP contribution in [0.5, 0.6) is 0 Å². The van der Waals surface area contributed by atoms with Crippen LogP contribution in [0.2, 0.25) is 0 Å². The summed E-state index contributed by atoms with van der Waals surface area (Å²) in [4.78, 5) is 66.7. The van der Waals surface area contributed by atoms with Crippen LogP contribution in [-0.2, 0) is 38.2 Å². The van der Waals surface area contributed by atoms with E-state index in [4.69, 9.17) is 29.2 Å². The first kappa shape index (κ1) is 25.6. The van der Waals surface area contributed by atoms with Crippen LogP contribution in [0.15, 0.2) is 39.2 Å². The minimum absolute atomic E-state index is 0.124. The molecule has 3 N–H and O–H groups in total. The van der Waals surface area contributed by atoms with Crippen LogP contribution in [0.25, 0.3) is 0 Å². The molecule has 1 fully saturated rings. The van der Waals surface area contributed by atoms with Crippen LogP contribution in [0.4, 0.5) is 4.79 Å². The fraction of sp³-hybridized carbons (Fsp3) is 0.400. The SMILES string of the molecule is CO/N=C(/C(=O)N[C@@H]1C(=O)N2C(C(=O)O[C@@H](C)OC(C)=O)=C(COC(N)=O)CS[C@H]12)c1ccco1. The molecular weight excluding hydrogens is 488 g/mol. The summed E-state index contributed by atoms with van der Waals surface area (Å²) in [5, 5.41) is 5.53. The summed E-state index contributed by atoms with van der Waals surface area (Å²) in [6.45, 7) is 2.09. The maximum absolute atomic E-state index is 13.0. The van der Waals surface area contributed by atoms with Crippen molar-refractivity contribution in [3.8, 4) is 0 Å². The highest BCUT2D eigenvalue weighted by Gasteiger charge is 2.55. The number of thioether (sulfide) groups is 1. The van der Waals surface area contributed by atoms with E-state index in [-0.39, 0.29) is 35.1 Å². The molecule has 2 aliphatic rings. The molecule has 0 aliphatic carbocycles. The summed E-state index contributed by atoms with van der Waals surface area (Å²) in [7, 11) is 1.25. The van der Waals surface area contributed by atoms with Gasteiger partial charge in [0.1, 0.15) is 30.8 Å². The normalized spacial score (nSPS) is 20.3. The van der Waals surface area contributed by atoms with E-state index in [9.17, 15) is 24.0 Å². The molecule has 15 heteroatoms. The Bertz CT molecular complexity index is 1080. The fourth-order valence-electron chi connectivity index (χ4n) is 3.32. The van der Waals surface area contributed by atoms with Gasteiger partial charge in [0.25, 0.3) is 11.8 Å². The highest BCUT2D eigenvalue weighted by atomic mass is 32.2. The Morgan fingerprint density at radius 1 is 1.34 bits per heavy atom. The Balaban J connectivity index is 1.80. The second-order valence-electron chi connectivity index (χ2n) is 7.10. The molecule has 0 aromatic carbocycles. The molecule has 3 amide bonds. The molecule has 0 unspecified atom stereocenters. The van der Waals surface area contributed by atoms with Gasteiger partial charge in [-0.2, -0.15) is 0 Å². The summed E-state index contributed by atoms with van der Waals surface area (Å²) in [6, 6.07) is 2.03. The number of rotatable bonds is 9. The predicted octanol–water partition coefficient (Wildman–Crippen LogP) is -0.168. The van der Waals surface area contributed by atoms with E-state index in [1.165, 1.54) is 38.1 Å². The first-order valence-corrected chi connectivity index (χ1v) is 11.1.